The van der Waals surface area contributed by atoms with Crippen molar-refractivity contribution in [2.24, 2.45) is 0 Å². The molecule has 1 unspecified atom stereocenters. The van der Waals surface area contributed by atoms with E-state index in [1.807, 2.05) is 0 Å². The molecule has 2 heteroatoms. The molecule has 0 aliphatic carbocycles. The fourth-order valence-electron chi connectivity index (χ4n) is 0.891. The molecule has 1 atom stereocenters. The lowest BCUT2D eigenvalue weighted by molar-refractivity contribution is 0.554. The van der Waals surface area contributed by atoms with E-state index in [1.54, 1.807) is 0 Å². The summed E-state index contributed by atoms with van der Waals surface area (Å²) in [4.78, 5) is 0. The van der Waals surface area contributed by atoms with Crippen molar-refractivity contribution in [1.82, 2.24) is 10.6 Å². The van der Waals surface area contributed by atoms with E-state index < -0.39 is 0 Å². The fraction of sp³-hybridized carbons (Fsp3) is 1.00. The van der Waals surface area contributed by atoms with Crippen LogP contribution in [0.5, 0.6) is 0 Å². The van der Waals surface area contributed by atoms with Crippen LogP contribution in [-0.2, 0) is 0 Å². The Morgan fingerprint density at radius 1 is 1.50 bits per heavy atom. The topological polar surface area (TPSA) is 26.1 Å². The Hall–Kier alpha value is -0.0800. The zero-order valence-electron chi connectivity index (χ0n) is 5.35. The summed E-state index contributed by atoms with van der Waals surface area (Å²) >= 11 is 0. The predicted octanol–water partition coefficient (Wildman–Crippen LogP) is -0.0274. The van der Waals surface area contributed by atoms with Gasteiger partial charge in [0.2, 0.25) is 0 Å². The summed E-state index contributed by atoms with van der Waals surface area (Å²) < 4.78 is 0. The summed E-state index contributed by atoms with van der Waals surface area (Å²) in [5.41, 5.74) is 0. The first-order valence-electron chi connectivity index (χ1n) is 3.27. The van der Waals surface area contributed by atoms with Gasteiger partial charge in [0.15, 0.2) is 0 Å². The Balaban J connectivity index is 2.17. The molecule has 0 saturated carbocycles. The van der Waals surface area contributed by atoms with E-state index in [2.05, 4.69) is 17.6 Å². The van der Waals surface area contributed by atoms with Gasteiger partial charge >= 0.3 is 0 Å². The summed E-state index contributed by atoms with van der Waals surface area (Å²) in [5.74, 6) is 0. The van der Waals surface area contributed by atoms with Gasteiger partial charge in [0, 0.05) is 19.1 Å². The van der Waals surface area contributed by atoms with Crippen LogP contribution in [0, 0.1) is 0 Å². The molecule has 1 rings (SSSR count). The van der Waals surface area contributed by atoms with Gasteiger partial charge in [0.05, 0.1) is 0 Å². The minimum absolute atomic E-state index is 0.588. The van der Waals surface area contributed by atoms with Crippen molar-refractivity contribution in [2.45, 2.75) is 19.4 Å². The smallest absolute Gasteiger partial charge is 0.0261 e. The van der Waals surface area contributed by atoms with Gasteiger partial charge in [-0.15, -0.1) is 0 Å². The molecule has 1 radical (unpaired) electrons. The monoisotopic (exact) mass is 113 g/mol. The molecule has 0 aromatic rings. The van der Waals surface area contributed by atoms with Crippen LogP contribution < -0.4 is 10.6 Å². The fourth-order valence-corrected chi connectivity index (χ4v) is 0.891. The van der Waals surface area contributed by atoms with Crippen LogP contribution in [0.1, 0.15) is 13.3 Å². The summed E-state index contributed by atoms with van der Waals surface area (Å²) in [6.45, 7) is 5.39. The van der Waals surface area contributed by atoms with E-state index in [1.165, 1.54) is 6.42 Å². The number of rotatable bonds is 0. The van der Waals surface area contributed by atoms with Crippen LogP contribution in [0.3, 0.4) is 0 Å². The molecule has 1 aliphatic rings. The number of nitrogens with zero attached hydrogens (tertiary/aromatic N) is 1. The molecular formula is C6H13N2. The van der Waals surface area contributed by atoms with Gasteiger partial charge in [-0.3, -0.25) is 0 Å². The predicted molar refractivity (Wildman–Crippen MR) is 33.9 cm³/mol. The molecule has 1 aliphatic heterocycles. The van der Waals surface area contributed by atoms with Crippen LogP contribution in [0.4, 0.5) is 0 Å². The second-order valence-electron chi connectivity index (χ2n) is 2.29. The summed E-state index contributed by atoms with van der Waals surface area (Å²) in [5, 5.41) is 7.64. The van der Waals surface area contributed by atoms with E-state index >= 15 is 0 Å². The first-order valence-corrected chi connectivity index (χ1v) is 3.27. The van der Waals surface area contributed by atoms with E-state index in [9.17, 15) is 0 Å². The Morgan fingerprint density at radius 2 is 2.38 bits per heavy atom. The van der Waals surface area contributed by atoms with Gasteiger partial charge in [-0.25, -0.2) is 5.32 Å². The van der Waals surface area contributed by atoms with Gasteiger partial charge in [0.25, 0.3) is 0 Å². The normalized spacial score (nSPS) is 31.9. The average Bonchev–Trinajstić information content (AvgIpc) is 1.94. The maximum Gasteiger partial charge on any atom is 0.0261 e. The Morgan fingerprint density at radius 3 is 3.25 bits per heavy atom. The molecule has 1 N–H and O–H groups in total. The highest BCUT2D eigenvalue weighted by Gasteiger charge is 2.04. The van der Waals surface area contributed by atoms with Gasteiger partial charge < -0.3 is 5.32 Å². The SMILES string of the molecule is CC1CCNCC[N]1. The van der Waals surface area contributed by atoms with Gasteiger partial charge in [-0.05, 0) is 19.9 Å². The van der Waals surface area contributed by atoms with Crippen molar-refractivity contribution >= 4 is 0 Å². The van der Waals surface area contributed by atoms with Crippen molar-refractivity contribution in [3.8, 4) is 0 Å². The lowest BCUT2D eigenvalue weighted by Crippen LogP contribution is -2.19. The largest absolute Gasteiger partial charge is 0.315 e. The molecule has 1 fully saturated rings. The molecule has 1 saturated heterocycles. The van der Waals surface area contributed by atoms with Crippen molar-refractivity contribution in [3.05, 3.63) is 0 Å². The molecule has 2 nitrogen and oxygen atoms in total. The molecule has 8 heavy (non-hydrogen) atoms. The Kier molecular flexibility index (Phi) is 2.30. The summed E-state index contributed by atoms with van der Waals surface area (Å²) in [6.07, 6.45) is 1.21. The zero-order valence-corrected chi connectivity index (χ0v) is 5.35. The molecule has 0 spiro atoms. The highest BCUT2D eigenvalue weighted by molar-refractivity contribution is 4.66. The maximum absolute atomic E-state index is 4.36. The van der Waals surface area contributed by atoms with Crippen LogP contribution in [-0.4, -0.2) is 25.7 Å². The lowest BCUT2D eigenvalue weighted by Gasteiger charge is -2.02. The number of nitrogens with one attached hydrogen (secondary N) is 1. The first-order chi connectivity index (χ1) is 3.89. The molecule has 47 valence electrons. The second-order valence-corrected chi connectivity index (χ2v) is 2.29. The van der Waals surface area contributed by atoms with Crippen molar-refractivity contribution in [2.75, 3.05) is 19.6 Å². The van der Waals surface area contributed by atoms with Crippen LogP contribution >= 0.6 is 0 Å². The molecule has 0 aromatic heterocycles. The second kappa shape index (κ2) is 3.05. The quantitative estimate of drug-likeness (QED) is 0.469. The van der Waals surface area contributed by atoms with Gasteiger partial charge in [0.1, 0.15) is 0 Å². The summed E-state index contributed by atoms with van der Waals surface area (Å²) in [7, 11) is 0. The third-order valence-corrected chi connectivity index (χ3v) is 1.47. The van der Waals surface area contributed by atoms with Gasteiger partial charge in [-0.1, -0.05) is 0 Å². The maximum atomic E-state index is 4.36. The van der Waals surface area contributed by atoms with Crippen LogP contribution in [0.25, 0.3) is 0 Å². The Bertz CT molecular complexity index is 55.5. The van der Waals surface area contributed by atoms with Crippen molar-refractivity contribution in [1.29, 1.82) is 0 Å². The Labute approximate surface area is 50.7 Å². The zero-order chi connectivity index (χ0) is 5.82. The number of hydrogen-bond donors (Lipinski definition) is 1. The molecule has 0 amide bonds. The standard InChI is InChI=1S/C6H13N2/c1-6-2-3-7-4-5-8-6/h6-7H,2-5H2,1H3. The number of hydrogen-bond acceptors (Lipinski definition) is 1. The van der Waals surface area contributed by atoms with Crippen molar-refractivity contribution < 1.29 is 0 Å². The third kappa shape index (κ3) is 1.80. The summed E-state index contributed by atoms with van der Waals surface area (Å²) in [6, 6.07) is 0.588. The molecule has 0 bridgehead atoms. The van der Waals surface area contributed by atoms with E-state index in [4.69, 9.17) is 0 Å². The van der Waals surface area contributed by atoms with Crippen molar-refractivity contribution in [3.63, 3.8) is 0 Å². The average molecular weight is 113 g/mol. The van der Waals surface area contributed by atoms with E-state index in [0.29, 0.717) is 6.04 Å². The van der Waals surface area contributed by atoms with Crippen LogP contribution in [0.15, 0.2) is 0 Å². The lowest BCUT2D eigenvalue weighted by atomic mass is 10.2. The highest BCUT2D eigenvalue weighted by Crippen LogP contribution is 1.91. The first kappa shape index (κ1) is 6.05. The molecule has 1 heterocycles. The van der Waals surface area contributed by atoms with E-state index in [-0.39, 0.29) is 0 Å². The molecule has 0 aromatic carbocycles. The minimum Gasteiger partial charge on any atom is -0.315 e. The van der Waals surface area contributed by atoms with Crippen LogP contribution in [0.2, 0.25) is 0 Å². The highest BCUT2D eigenvalue weighted by atomic mass is 15.0. The minimum atomic E-state index is 0.588. The molecular weight excluding hydrogens is 100 g/mol. The van der Waals surface area contributed by atoms with E-state index in [0.717, 1.165) is 19.6 Å². The third-order valence-electron chi connectivity index (χ3n) is 1.47. The van der Waals surface area contributed by atoms with Gasteiger partial charge in [-0.2, -0.15) is 0 Å².